The van der Waals surface area contributed by atoms with Crippen molar-refractivity contribution < 1.29 is 14.6 Å². The van der Waals surface area contributed by atoms with Gasteiger partial charge in [-0.3, -0.25) is 10.7 Å². The van der Waals surface area contributed by atoms with Crippen LogP contribution in [0.5, 0.6) is 11.5 Å². The highest BCUT2D eigenvalue weighted by Gasteiger charge is 2.56. The number of amides is 2. The SMILES string of the molecule is CCCN1C(=O)NC(=N)C12COc1cc(O)ccc12. The second-order valence-corrected chi connectivity index (χ2v) is 4.79. The number of fused-ring (bicyclic) bond motifs is 2. The van der Waals surface area contributed by atoms with Crippen LogP contribution in [0.15, 0.2) is 18.2 Å². The van der Waals surface area contributed by atoms with Gasteiger partial charge in [0.05, 0.1) is 0 Å². The standard InChI is InChI=1S/C13H15N3O3/c1-2-5-16-12(18)15-11(14)13(16)7-19-10-6-8(17)3-4-9(10)13/h3-4,6,17H,2,5,7H2,1H3,(H2,14,15,18). The molecule has 0 saturated carbocycles. The molecule has 2 aliphatic rings. The zero-order valence-corrected chi connectivity index (χ0v) is 10.6. The summed E-state index contributed by atoms with van der Waals surface area (Å²) in [5.74, 6) is 0.777. The summed E-state index contributed by atoms with van der Waals surface area (Å²) in [5.41, 5.74) is -0.113. The smallest absolute Gasteiger partial charge is 0.324 e. The molecule has 3 rings (SSSR count). The van der Waals surface area contributed by atoms with Gasteiger partial charge in [0, 0.05) is 18.2 Å². The predicted octanol–water partition coefficient (Wildman–Crippen LogP) is 1.39. The molecule has 2 aliphatic heterocycles. The first-order chi connectivity index (χ1) is 9.09. The van der Waals surface area contributed by atoms with Gasteiger partial charge in [-0.25, -0.2) is 4.79 Å². The maximum atomic E-state index is 12.0. The van der Waals surface area contributed by atoms with E-state index in [-0.39, 0.29) is 24.2 Å². The van der Waals surface area contributed by atoms with Gasteiger partial charge in [-0.2, -0.15) is 0 Å². The summed E-state index contributed by atoms with van der Waals surface area (Å²) in [7, 11) is 0. The molecule has 0 bridgehead atoms. The van der Waals surface area contributed by atoms with Gasteiger partial charge < -0.3 is 14.7 Å². The van der Waals surface area contributed by atoms with E-state index in [1.54, 1.807) is 17.0 Å². The van der Waals surface area contributed by atoms with Crippen molar-refractivity contribution in [3.8, 4) is 11.5 Å². The molecule has 0 aromatic heterocycles. The van der Waals surface area contributed by atoms with Crippen LogP contribution in [0.3, 0.4) is 0 Å². The lowest BCUT2D eigenvalue weighted by Gasteiger charge is -2.31. The highest BCUT2D eigenvalue weighted by Crippen LogP contribution is 2.45. The monoisotopic (exact) mass is 261 g/mol. The molecule has 2 amide bonds. The van der Waals surface area contributed by atoms with Gasteiger partial charge in [-0.1, -0.05) is 6.92 Å². The van der Waals surface area contributed by atoms with Gasteiger partial charge in [-0.05, 0) is 18.6 Å². The third kappa shape index (κ3) is 1.43. The highest BCUT2D eigenvalue weighted by atomic mass is 16.5. The normalized spacial score (nSPS) is 24.6. The third-order valence-corrected chi connectivity index (χ3v) is 3.65. The van der Waals surface area contributed by atoms with Gasteiger partial charge in [0.1, 0.15) is 23.9 Å². The first-order valence-corrected chi connectivity index (χ1v) is 6.23. The van der Waals surface area contributed by atoms with E-state index in [1.165, 1.54) is 6.07 Å². The lowest BCUT2D eigenvalue weighted by molar-refractivity contribution is 0.151. The Bertz CT molecular complexity index is 572. The van der Waals surface area contributed by atoms with Crippen LogP contribution in [0.4, 0.5) is 4.79 Å². The first kappa shape index (κ1) is 11.8. The lowest BCUT2D eigenvalue weighted by atomic mass is 9.90. The molecule has 100 valence electrons. The Hall–Kier alpha value is -2.24. The second-order valence-electron chi connectivity index (χ2n) is 4.79. The van der Waals surface area contributed by atoms with E-state index in [4.69, 9.17) is 10.1 Å². The van der Waals surface area contributed by atoms with E-state index in [0.29, 0.717) is 12.3 Å². The van der Waals surface area contributed by atoms with E-state index in [1.807, 2.05) is 6.92 Å². The van der Waals surface area contributed by atoms with Crippen molar-refractivity contribution in [2.75, 3.05) is 13.2 Å². The fourth-order valence-corrected chi connectivity index (χ4v) is 2.76. The number of nitrogens with zero attached hydrogens (tertiary/aromatic N) is 1. The maximum absolute atomic E-state index is 12.0. The number of benzene rings is 1. The quantitative estimate of drug-likeness (QED) is 0.752. The zero-order valence-electron chi connectivity index (χ0n) is 10.6. The first-order valence-electron chi connectivity index (χ1n) is 6.23. The Morgan fingerprint density at radius 3 is 3.11 bits per heavy atom. The minimum atomic E-state index is -0.865. The molecule has 1 fully saturated rings. The predicted molar refractivity (Wildman–Crippen MR) is 68.5 cm³/mol. The van der Waals surface area contributed by atoms with Crippen LogP contribution in [0.2, 0.25) is 0 Å². The fraction of sp³-hybridized carbons (Fsp3) is 0.385. The molecule has 1 aromatic carbocycles. The lowest BCUT2D eigenvalue weighted by Crippen LogP contribution is -2.48. The molecule has 1 atom stereocenters. The van der Waals surface area contributed by atoms with Crippen molar-refractivity contribution in [2.45, 2.75) is 18.9 Å². The molecule has 6 heteroatoms. The Kier molecular flexibility index (Phi) is 2.41. The number of urea groups is 1. The van der Waals surface area contributed by atoms with Crippen LogP contribution in [-0.2, 0) is 5.54 Å². The number of aromatic hydroxyl groups is 1. The summed E-state index contributed by atoms with van der Waals surface area (Å²) < 4.78 is 5.58. The highest BCUT2D eigenvalue weighted by molar-refractivity contribution is 6.09. The number of carbonyl (C=O) groups is 1. The van der Waals surface area contributed by atoms with Crippen LogP contribution < -0.4 is 10.1 Å². The minimum Gasteiger partial charge on any atom is -0.508 e. The number of hydrogen-bond acceptors (Lipinski definition) is 4. The number of phenols is 1. The Balaban J connectivity index is 2.14. The molecular formula is C13H15N3O3. The van der Waals surface area contributed by atoms with Gasteiger partial charge >= 0.3 is 6.03 Å². The summed E-state index contributed by atoms with van der Waals surface area (Å²) in [6.45, 7) is 2.75. The summed E-state index contributed by atoms with van der Waals surface area (Å²) in [6, 6.07) is 4.52. The van der Waals surface area contributed by atoms with Crippen LogP contribution >= 0.6 is 0 Å². The topological polar surface area (TPSA) is 85.7 Å². The van der Waals surface area contributed by atoms with Gasteiger partial charge in [0.25, 0.3) is 0 Å². The average Bonchev–Trinajstić information content (AvgIpc) is 2.85. The van der Waals surface area contributed by atoms with Crippen LogP contribution in [0.25, 0.3) is 0 Å². The fourth-order valence-electron chi connectivity index (χ4n) is 2.76. The number of rotatable bonds is 2. The van der Waals surface area contributed by atoms with Crippen molar-refractivity contribution in [3.05, 3.63) is 23.8 Å². The van der Waals surface area contributed by atoms with Crippen molar-refractivity contribution in [2.24, 2.45) is 0 Å². The molecule has 1 saturated heterocycles. The van der Waals surface area contributed by atoms with Crippen molar-refractivity contribution in [1.29, 1.82) is 5.41 Å². The van der Waals surface area contributed by atoms with E-state index in [9.17, 15) is 9.90 Å². The molecule has 0 radical (unpaired) electrons. The molecule has 2 heterocycles. The molecule has 0 aliphatic carbocycles. The summed E-state index contributed by atoms with van der Waals surface area (Å²) >= 11 is 0. The van der Waals surface area contributed by atoms with Crippen LogP contribution in [0, 0.1) is 5.41 Å². The van der Waals surface area contributed by atoms with Crippen LogP contribution in [0.1, 0.15) is 18.9 Å². The van der Waals surface area contributed by atoms with Crippen LogP contribution in [-0.4, -0.2) is 35.0 Å². The summed E-state index contributed by atoms with van der Waals surface area (Å²) in [4.78, 5) is 13.6. The largest absolute Gasteiger partial charge is 0.508 e. The van der Waals surface area contributed by atoms with Crippen molar-refractivity contribution >= 4 is 11.9 Å². The van der Waals surface area contributed by atoms with Gasteiger partial charge in [0.15, 0.2) is 5.54 Å². The van der Waals surface area contributed by atoms with Crippen molar-refractivity contribution in [3.63, 3.8) is 0 Å². The number of carbonyl (C=O) groups excluding carboxylic acids is 1. The summed E-state index contributed by atoms with van der Waals surface area (Å²) in [5, 5.41) is 20.2. The minimum absolute atomic E-state index is 0.113. The van der Waals surface area contributed by atoms with E-state index < -0.39 is 5.54 Å². The Morgan fingerprint density at radius 2 is 2.37 bits per heavy atom. The van der Waals surface area contributed by atoms with Gasteiger partial charge in [0.2, 0.25) is 0 Å². The number of ether oxygens (including phenoxy) is 1. The number of hydrogen-bond donors (Lipinski definition) is 3. The average molecular weight is 261 g/mol. The molecule has 3 N–H and O–H groups in total. The Morgan fingerprint density at radius 1 is 1.58 bits per heavy atom. The zero-order chi connectivity index (χ0) is 13.6. The van der Waals surface area contributed by atoms with E-state index in [2.05, 4.69) is 5.32 Å². The van der Waals surface area contributed by atoms with Crippen molar-refractivity contribution in [1.82, 2.24) is 10.2 Å². The second kappa shape index (κ2) is 3.88. The molecule has 6 nitrogen and oxygen atoms in total. The molecule has 1 aromatic rings. The van der Waals surface area contributed by atoms with Gasteiger partial charge in [-0.15, -0.1) is 0 Å². The summed E-state index contributed by atoms with van der Waals surface area (Å²) in [6.07, 6.45) is 0.801. The maximum Gasteiger partial charge on any atom is 0.324 e. The third-order valence-electron chi connectivity index (χ3n) is 3.65. The molecule has 1 spiro atoms. The molecule has 1 unspecified atom stereocenters. The number of phenolic OH excluding ortho intramolecular Hbond substituents is 1. The number of amidine groups is 1. The van der Waals surface area contributed by atoms with E-state index >= 15 is 0 Å². The van der Waals surface area contributed by atoms with E-state index in [0.717, 1.165) is 12.0 Å². The molecule has 19 heavy (non-hydrogen) atoms. The number of nitrogens with one attached hydrogen (secondary N) is 2. The molecular weight excluding hydrogens is 246 g/mol. The Labute approximate surface area is 110 Å².